The van der Waals surface area contributed by atoms with E-state index in [-0.39, 0.29) is 5.54 Å². The Balaban J connectivity index is 2.44. The average Bonchev–Trinajstić information content (AvgIpc) is 3.02. The molecule has 2 rings (SSSR count). The van der Waals surface area contributed by atoms with Crippen LogP contribution in [0.15, 0.2) is 6.07 Å². The molecule has 0 saturated heterocycles. The maximum absolute atomic E-state index is 6.21. The van der Waals surface area contributed by atoms with Crippen molar-refractivity contribution in [1.29, 1.82) is 0 Å². The Morgan fingerprint density at radius 3 is 2.35 bits per heavy atom. The second kappa shape index (κ2) is 4.22. The summed E-state index contributed by atoms with van der Waals surface area (Å²) in [6, 6.07) is 2.03. The van der Waals surface area contributed by atoms with Gasteiger partial charge in [-0.05, 0) is 55.9 Å². The Kier molecular flexibility index (Phi) is 3.04. The molecule has 0 atom stereocenters. The summed E-state index contributed by atoms with van der Waals surface area (Å²) in [5, 5.41) is 0. The van der Waals surface area contributed by atoms with Crippen molar-refractivity contribution >= 4 is 0 Å². The van der Waals surface area contributed by atoms with E-state index in [1.807, 2.05) is 6.07 Å². The minimum absolute atomic E-state index is 0.0229. The molecule has 0 spiro atoms. The molecular weight excluding hydrogens is 214 g/mol. The largest absolute Gasteiger partial charge is 0.493 e. The van der Waals surface area contributed by atoms with Crippen molar-refractivity contribution in [3.63, 3.8) is 0 Å². The first-order chi connectivity index (χ1) is 8.00. The fraction of sp³-hybridized carbons (Fsp3) is 0.571. The van der Waals surface area contributed by atoms with E-state index in [0.717, 1.165) is 36.3 Å². The van der Waals surface area contributed by atoms with Crippen LogP contribution in [0.5, 0.6) is 11.5 Å². The molecular formula is C14H21NO2. The molecule has 0 amide bonds. The summed E-state index contributed by atoms with van der Waals surface area (Å²) >= 11 is 0. The molecule has 0 unspecified atom stereocenters. The van der Waals surface area contributed by atoms with Crippen LogP contribution in [0.25, 0.3) is 0 Å². The number of aryl methyl sites for hydroxylation is 1. The van der Waals surface area contributed by atoms with Gasteiger partial charge < -0.3 is 15.2 Å². The lowest BCUT2D eigenvalue weighted by molar-refractivity contribution is 0.352. The topological polar surface area (TPSA) is 44.5 Å². The highest BCUT2D eigenvalue weighted by molar-refractivity contribution is 5.54. The number of methoxy groups -OCH3 is 2. The smallest absolute Gasteiger partial charge is 0.163 e. The second-order valence-electron chi connectivity index (χ2n) is 5.07. The molecule has 94 valence electrons. The fourth-order valence-electron chi connectivity index (χ4n) is 2.33. The summed E-state index contributed by atoms with van der Waals surface area (Å²) in [5.41, 5.74) is 9.92. The Labute approximate surface area is 103 Å². The molecule has 1 aliphatic rings. The van der Waals surface area contributed by atoms with Crippen LogP contribution in [0.1, 0.15) is 29.5 Å². The summed E-state index contributed by atoms with van der Waals surface area (Å²) in [6.45, 7) is 4.19. The zero-order valence-electron chi connectivity index (χ0n) is 11.1. The third-order valence-electron chi connectivity index (χ3n) is 3.69. The van der Waals surface area contributed by atoms with E-state index in [1.54, 1.807) is 14.2 Å². The molecule has 3 nitrogen and oxygen atoms in total. The van der Waals surface area contributed by atoms with Crippen molar-refractivity contribution in [3.05, 3.63) is 22.8 Å². The predicted molar refractivity (Wildman–Crippen MR) is 68.9 cm³/mol. The van der Waals surface area contributed by atoms with E-state index in [1.165, 1.54) is 11.1 Å². The van der Waals surface area contributed by atoms with Gasteiger partial charge in [-0.15, -0.1) is 0 Å². The predicted octanol–water partition coefficient (Wildman–Crippen LogP) is 2.35. The quantitative estimate of drug-likeness (QED) is 0.871. The minimum Gasteiger partial charge on any atom is -0.493 e. The van der Waals surface area contributed by atoms with Crippen LogP contribution >= 0.6 is 0 Å². The standard InChI is InChI=1S/C14H21NO2/c1-9-7-12(16-3)13(17-4)10(2)11(9)8-14(15)5-6-14/h7H,5-6,8,15H2,1-4H3. The molecule has 0 bridgehead atoms. The van der Waals surface area contributed by atoms with Crippen LogP contribution in [0.2, 0.25) is 0 Å². The van der Waals surface area contributed by atoms with Crippen molar-refractivity contribution in [3.8, 4) is 11.5 Å². The zero-order valence-corrected chi connectivity index (χ0v) is 11.1. The van der Waals surface area contributed by atoms with Crippen molar-refractivity contribution in [2.24, 2.45) is 5.73 Å². The Morgan fingerprint density at radius 2 is 1.88 bits per heavy atom. The van der Waals surface area contributed by atoms with Gasteiger partial charge in [0.2, 0.25) is 0 Å². The van der Waals surface area contributed by atoms with Gasteiger partial charge in [0.1, 0.15) is 0 Å². The van der Waals surface area contributed by atoms with Crippen LogP contribution in [0, 0.1) is 13.8 Å². The summed E-state index contributed by atoms with van der Waals surface area (Å²) < 4.78 is 10.8. The highest BCUT2D eigenvalue weighted by Gasteiger charge is 2.39. The van der Waals surface area contributed by atoms with Crippen LogP contribution in [0.4, 0.5) is 0 Å². The first-order valence-electron chi connectivity index (χ1n) is 6.00. The molecule has 17 heavy (non-hydrogen) atoms. The SMILES string of the molecule is COc1cc(C)c(CC2(N)CC2)c(C)c1OC. The zero-order chi connectivity index (χ0) is 12.6. The lowest BCUT2D eigenvalue weighted by Gasteiger charge is -2.19. The first kappa shape index (κ1) is 12.2. The van der Waals surface area contributed by atoms with E-state index in [9.17, 15) is 0 Å². The number of hydrogen-bond acceptors (Lipinski definition) is 3. The second-order valence-corrected chi connectivity index (χ2v) is 5.07. The van der Waals surface area contributed by atoms with Gasteiger partial charge in [-0.2, -0.15) is 0 Å². The number of nitrogens with two attached hydrogens (primary N) is 1. The normalized spacial score (nSPS) is 16.8. The Bertz CT molecular complexity index is 436. The van der Waals surface area contributed by atoms with E-state index in [4.69, 9.17) is 15.2 Å². The van der Waals surface area contributed by atoms with Crippen molar-refractivity contribution in [1.82, 2.24) is 0 Å². The van der Waals surface area contributed by atoms with E-state index < -0.39 is 0 Å². The lowest BCUT2D eigenvalue weighted by Crippen LogP contribution is -2.25. The van der Waals surface area contributed by atoms with Gasteiger partial charge in [0.05, 0.1) is 14.2 Å². The van der Waals surface area contributed by atoms with Gasteiger partial charge in [0.25, 0.3) is 0 Å². The molecule has 1 aromatic carbocycles. The third kappa shape index (κ3) is 2.25. The highest BCUT2D eigenvalue weighted by Crippen LogP contribution is 2.41. The summed E-state index contributed by atoms with van der Waals surface area (Å²) in [7, 11) is 3.35. The van der Waals surface area contributed by atoms with Gasteiger partial charge in [0, 0.05) is 5.54 Å². The van der Waals surface area contributed by atoms with E-state index in [0.29, 0.717) is 0 Å². The van der Waals surface area contributed by atoms with Crippen LogP contribution < -0.4 is 15.2 Å². The number of rotatable bonds is 4. The van der Waals surface area contributed by atoms with Crippen LogP contribution in [0.3, 0.4) is 0 Å². The summed E-state index contributed by atoms with van der Waals surface area (Å²) in [5.74, 6) is 1.63. The molecule has 0 aromatic heterocycles. The van der Waals surface area contributed by atoms with Gasteiger partial charge in [-0.1, -0.05) is 0 Å². The molecule has 0 heterocycles. The summed E-state index contributed by atoms with van der Waals surface area (Å²) in [4.78, 5) is 0. The van der Waals surface area contributed by atoms with Crippen molar-refractivity contribution in [2.75, 3.05) is 14.2 Å². The van der Waals surface area contributed by atoms with E-state index in [2.05, 4.69) is 13.8 Å². The summed E-state index contributed by atoms with van der Waals surface area (Å²) in [6.07, 6.45) is 3.19. The minimum atomic E-state index is 0.0229. The monoisotopic (exact) mass is 235 g/mol. The van der Waals surface area contributed by atoms with Gasteiger partial charge in [-0.25, -0.2) is 0 Å². The fourth-order valence-corrected chi connectivity index (χ4v) is 2.33. The molecule has 1 aromatic rings. The van der Waals surface area contributed by atoms with E-state index >= 15 is 0 Å². The van der Waals surface area contributed by atoms with Gasteiger partial charge in [0.15, 0.2) is 11.5 Å². The molecule has 0 radical (unpaired) electrons. The Hall–Kier alpha value is -1.22. The number of benzene rings is 1. The third-order valence-corrected chi connectivity index (χ3v) is 3.69. The van der Waals surface area contributed by atoms with Gasteiger partial charge >= 0.3 is 0 Å². The molecule has 1 aliphatic carbocycles. The maximum atomic E-state index is 6.21. The average molecular weight is 235 g/mol. The van der Waals surface area contributed by atoms with Crippen LogP contribution in [-0.2, 0) is 6.42 Å². The highest BCUT2D eigenvalue weighted by atomic mass is 16.5. The number of hydrogen-bond donors (Lipinski definition) is 1. The van der Waals surface area contributed by atoms with Gasteiger partial charge in [-0.3, -0.25) is 0 Å². The molecule has 3 heteroatoms. The Morgan fingerprint density at radius 1 is 1.24 bits per heavy atom. The molecule has 1 saturated carbocycles. The van der Waals surface area contributed by atoms with Crippen molar-refractivity contribution in [2.45, 2.75) is 38.6 Å². The molecule has 0 aliphatic heterocycles. The first-order valence-corrected chi connectivity index (χ1v) is 6.00. The van der Waals surface area contributed by atoms with Crippen molar-refractivity contribution < 1.29 is 9.47 Å². The van der Waals surface area contributed by atoms with Crippen LogP contribution in [-0.4, -0.2) is 19.8 Å². The lowest BCUT2D eigenvalue weighted by atomic mass is 9.94. The number of ether oxygens (including phenoxy) is 2. The molecule has 1 fully saturated rings. The molecule has 2 N–H and O–H groups in total. The maximum Gasteiger partial charge on any atom is 0.163 e.